The third-order valence-electron chi connectivity index (χ3n) is 7.06. The lowest BCUT2D eigenvalue weighted by Gasteiger charge is -2.32. The summed E-state index contributed by atoms with van der Waals surface area (Å²) in [6, 6.07) is 1.88. The zero-order chi connectivity index (χ0) is 29.8. The molecule has 0 atom stereocenters. The maximum Gasteiger partial charge on any atom is 0.252 e. The van der Waals surface area contributed by atoms with Crippen molar-refractivity contribution in [2.75, 3.05) is 45.6 Å². The van der Waals surface area contributed by atoms with Crippen molar-refractivity contribution in [1.82, 2.24) is 25.4 Å². The minimum Gasteiger partial charge on any atom is -0.367 e. The second-order valence-corrected chi connectivity index (χ2v) is 11.1. The molecule has 0 radical (unpaired) electrons. The van der Waals surface area contributed by atoms with Crippen LogP contribution in [-0.2, 0) is 9.59 Å². The van der Waals surface area contributed by atoms with Crippen LogP contribution in [0, 0.1) is 5.41 Å². The Balaban J connectivity index is 2.23. The van der Waals surface area contributed by atoms with Crippen molar-refractivity contribution in [3.05, 3.63) is 45.8 Å². The van der Waals surface area contributed by atoms with Gasteiger partial charge in [0.05, 0.1) is 5.56 Å². The lowest BCUT2D eigenvalue weighted by atomic mass is 9.91. The first-order valence-corrected chi connectivity index (χ1v) is 14.0. The molecule has 40 heavy (non-hydrogen) atoms. The van der Waals surface area contributed by atoms with Gasteiger partial charge in [0.1, 0.15) is 5.82 Å². The Kier molecular flexibility index (Phi) is 13.0. The molecular formula is C30H47N7O3. The van der Waals surface area contributed by atoms with E-state index >= 15 is 0 Å². The number of aromatic nitrogens is 1. The molecule has 220 valence electrons. The fraction of sp³-hybridized carbons (Fsp3) is 0.567. The van der Waals surface area contributed by atoms with Crippen molar-refractivity contribution in [1.29, 1.82) is 5.41 Å². The summed E-state index contributed by atoms with van der Waals surface area (Å²) in [5.74, 6) is 0.561. The number of anilines is 1. The van der Waals surface area contributed by atoms with Crippen LogP contribution in [0.15, 0.2) is 29.0 Å². The number of allylic oxidation sites excluding steroid dienone is 3. The molecule has 0 unspecified atom stereocenters. The molecule has 3 amide bonds. The number of likely N-dealkylation sites (tertiary alicyclic amines) is 1. The Morgan fingerprint density at radius 2 is 1.88 bits per heavy atom. The van der Waals surface area contributed by atoms with E-state index in [0.29, 0.717) is 55.1 Å². The Bertz CT molecular complexity index is 1120. The maximum absolute atomic E-state index is 13.4. The lowest BCUT2D eigenvalue weighted by molar-refractivity contribution is -0.132. The second-order valence-electron chi connectivity index (χ2n) is 11.1. The Morgan fingerprint density at radius 1 is 1.20 bits per heavy atom. The molecule has 4 N–H and O–H groups in total. The van der Waals surface area contributed by atoms with Gasteiger partial charge in [-0.15, -0.1) is 0 Å². The number of amides is 3. The third-order valence-corrected chi connectivity index (χ3v) is 7.06. The first kappa shape index (κ1) is 32.7. The van der Waals surface area contributed by atoms with Crippen molar-refractivity contribution < 1.29 is 14.4 Å². The molecule has 10 nitrogen and oxygen atoms in total. The monoisotopic (exact) mass is 553 g/mol. The van der Waals surface area contributed by atoms with E-state index in [1.165, 1.54) is 6.21 Å². The topological polar surface area (TPSA) is 131 Å². The van der Waals surface area contributed by atoms with Gasteiger partial charge < -0.3 is 31.2 Å². The summed E-state index contributed by atoms with van der Waals surface area (Å²) in [5.41, 5.74) is 4.28. The zero-order valence-corrected chi connectivity index (χ0v) is 25.2. The summed E-state index contributed by atoms with van der Waals surface area (Å²) < 4.78 is 0. The number of nitrogens with zero attached hydrogens (tertiary/aromatic N) is 3. The summed E-state index contributed by atoms with van der Waals surface area (Å²) in [4.78, 5) is 45.6. The molecule has 0 saturated carbocycles. The fourth-order valence-electron chi connectivity index (χ4n) is 4.66. The van der Waals surface area contributed by atoms with Crippen molar-refractivity contribution in [2.24, 2.45) is 0 Å². The third kappa shape index (κ3) is 9.89. The summed E-state index contributed by atoms with van der Waals surface area (Å²) in [6.45, 7) is 12.2. The van der Waals surface area contributed by atoms with E-state index in [2.05, 4.69) is 20.9 Å². The van der Waals surface area contributed by atoms with Gasteiger partial charge in [-0.05, 0) is 92.2 Å². The molecule has 1 aromatic heterocycles. The van der Waals surface area contributed by atoms with E-state index in [0.717, 1.165) is 42.6 Å². The van der Waals surface area contributed by atoms with Crippen LogP contribution in [-0.4, -0.2) is 85.5 Å². The molecule has 1 fully saturated rings. The minimum atomic E-state index is -0.277. The number of carbonyl (C=O) groups excluding carboxylic acids is 3. The Labute approximate surface area is 239 Å². The van der Waals surface area contributed by atoms with E-state index in [1.807, 2.05) is 58.8 Å². The largest absolute Gasteiger partial charge is 0.367 e. The van der Waals surface area contributed by atoms with Gasteiger partial charge in [-0.1, -0.05) is 5.57 Å². The van der Waals surface area contributed by atoms with Crippen LogP contribution >= 0.6 is 0 Å². The molecule has 1 aliphatic rings. The molecule has 0 aliphatic carbocycles. The van der Waals surface area contributed by atoms with Crippen LogP contribution in [0.4, 0.5) is 5.82 Å². The van der Waals surface area contributed by atoms with E-state index in [-0.39, 0.29) is 23.8 Å². The SMILES string of the molecule is C/C(=C/C(C)=C(\C)CNC(=O)c1cc(C2CCN(C(=O)CCCN(C)C)CC2)nc(NC(C)C)c1C=N)NC=O. The van der Waals surface area contributed by atoms with E-state index in [9.17, 15) is 14.4 Å². The number of rotatable bonds is 14. The molecule has 1 aliphatic heterocycles. The highest BCUT2D eigenvalue weighted by Gasteiger charge is 2.27. The van der Waals surface area contributed by atoms with Gasteiger partial charge in [0.2, 0.25) is 12.3 Å². The van der Waals surface area contributed by atoms with Crippen molar-refractivity contribution in [2.45, 2.75) is 72.3 Å². The van der Waals surface area contributed by atoms with Crippen molar-refractivity contribution in [3.63, 3.8) is 0 Å². The van der Waals surface area contributed by atoms with Crippen LogP contribution < -0.4 is 16.0 Å². The Hall–Kier alpha value is -3.53. The molecule has 1 saturated heterocycles. The van der Waals surface area contributed by atoms with Crippen LogP contribution in [0.5, 0.6) is 0 Å². The van der Waals surface area contributed by atoms with Crippen LogP contribution in [0.1, 0.15) is 87.8 Å². The zero-order valence-electron chi connectivity index (χ0n) is 25.2. The molecule has 2 rings (SSSR count). The van der Waals surface area contributed by atoms with Crippen LogP contribution in [0.25, 0.3) is 0 Å². The first-order chi connectivity index (χ1) is 19.0. The number of hydrogen-bond acceptors (Lipinski definition) is 7. The normalized spacial score (nSPS) is 15.1. The predicted molar refractivity (Wildman–Crippen MR) is 161 cm³/mol. The molecule has 0 spiro atoms. The standard InChI is InChI=1S/C30H47N7O3/c1-20(2)34-29-26(17-31)25(30(40)32-18-22(4)21(3)15-23(5)33-19-38)16-27(35-29)24-10-13-37(14-11-24)28(39)9-8-12-36(6)7/h15-17,19-20,24,31H,8-14,18H2,1-7H3,(H,32,40)(H,33,38)(H,34,35)/b22-21+,23-15-,31-17?. The minimum absolute atomic E-state index is 0.0711. The lowest BCUT2D eigenvalue weighted by Crippen LogP contribution is -2.38. The smallest absolute Gasteiger partial charge is 0.252 e. The van der Waals surface area contributed by atoms with Crippen molar-refractivity contribution >= 4 is 30.3 Å². The highest BCUT2D eigenvalue weighted by molar-refractivity contribution is 6.04. The number of piperidine rings is 1. The number of carbonyl (C=O) groups is 3. The summed E-state index contributed by atoms with van der Waals surface area (Å²) >= 11 is 0. The van der Waals surface area contributed by atoms with Gasteiger partial charge in [0.15, 0.2) is 0 Å². The highest BCUT2D eigenvalue weighted by Crippen LogP contribution is 2.31. The van der Waals surface area contributed by atoms with Gasteiger partial charge in [-0.3, -0.25) is 14.4 Å². The van der Waals surface area contributed by atoms with E-state index < -0.39 is 0 Å². The first-order valence-electron chi connectivity index (χ1n) is 14.0. The average Bonchev–Trinajstić information content (AvgIpc) is 2.90. The Morgan fingerprint density at radius 3 is 2.45 bits per heavy atom. The van der Waals surface area contributed by atoms with Gasteiger partial charge in [0.25, 0.3) is 5.91 Å². The summed E-state index contributed by atoms with van der Waals surface area (Å²) in [5, 5.41) is 17.0. The molecule has 0 aromatic carbocycles. The summed E-state index contributed by atoms with van der Waals surface area (Å²) in [6.07, 6.45) is 6.62. The number of nitrogens with one attached hydrogen (secondary N) is 4. The number of hydrogen-bond donors (Lipinski definition) is 4. The fourth-order valence-corrected chi connectivity index (χ4v) is 4.66. The maximum atomic E-state index is 13.4. The van der Waals surface area contributed by atoms with Gasteiger partial charge >= 0.3 is 0 Å². The molecule has 10 heteroatoms. The molecule has 2 heterocycles. The van der Waals surface area contributed by atoms with Crippen molar-refractivity contribution in [3.8, 4) is 0 Å². The van der Waals surface area contributed by atoms with E-state index in [4.69, 9.17) is 10.4 Å². The van der Waals surface area contributed by atoms with Gasteiger partial charge in [-0.2, -0.15) is 0 Å². The quantitative estimate of drug-likeness (QED) is 0.158. The van der Waals surface area contributed by atoms with Crippen LogP contribution in [0.3, 0.4) is 0 Å². The molecule has 1 aromatic rings. The molecule has 0 bridgehead atoms. The highest BCUT2D eigenvalue weighted by atomic mass is 16.2. The summed E-state index contributed by atoms with van der Waals surface area (Å²) in [7, 11) is 4.02. The van der Waals surface area contributed by atoms with E-state index in [1.54, 1.807) is 6.92 Å². The van der Waals surface area contributed by atoms with Gasteiger partial charge in [-0.25, -0.2) is 4.98 Å². The average molecular weight is 554 g/mol. The van der Waals surface area contributed by atoms with Crippen LogP contribution in [0.2, 0.25) is 0 Å². The number of pyridine rings is 1. The predicted octanol–water partition coefficient (Wildman–Crippen LogP) is 3.66. The van der Waals surface area contributed by atoms with Gasteiger partial charge in [0, 0.05) is 61.2 Å². The second kappa shape index (κ2) is 15.9. The molecular weight excluding hydrogens is 506 g/mol.